The minimum atomic E-state index is -0.772. The van der Waals surface area contributed by atoms with Crippen molar-refractivity contribution >= 4 is 28.0 Å². The van der Waals surface area contributed by atoms with Gasteiger partial charge in [-0.1, -0.05) is 6.92 Å². The third-order valence-corrected chi connectivity index (χ3v) is 3.66. The molecule has 6 heteroatoms. The van der Waals surface area contributed by atoms with E-state index in [0.29, 0.717) is 13.0 Å². The lowest BCUT2D eigenvalue weighted by Gasteiger charge is -2.08. The van der Waals surface area contributed by atoms with Gasteiger partial charge in [0.1, 0.15) is 16.9 Å². The predicted octanol–water partition coefficient (Wildman–Crippen LogP) is 2.80. The first-order valence-electron chi connectivity index (χ1n) is 7.51. The van der Waals surface area contributed by atoms with Crippen LogP contribution < -0.4 is 0 Å². The number of nitrogens with zero attached hydrogens (tertiary/aromatic N) is 4. The number of imidazole rings is 1. The number of aromatic nitrogens is 4. The number of carbonyl (C=O) groups is 1. The van der Waals surface area contributed by atoms with E-state index in [1.54, 1.807) is 12.4 Å². The van der Waals surface area contributed by atoms with E-state index < -0.39 is 5.97 Å². The zero-order chi connectivity index (χ0) is 15.5. The number of carboxylic acids is 1. The highest BCUT2D eigenvalue weighted by Crippen LogP contribution is 2.24. The maximum atomic E-state index is 10.8. The summed E-state index contributed by atoms with van der Waals surface area (Å²) >= 11 is 0. The molecule has 3 rings (SSSR count). The molecule has 0 fully saturated rings. The van der Waals surface area contributed by atoms with Gasteiger partial charge in [0.15, 0.2) is 0 Å². The van der Waals surface area contributed by atoms with Crippen LogP contribution in [-0.2, 0) is 17.8 Å². The first kappa shape index (κ1) is 14.4. The number of carboxylic acid groups (broad SMARTS) is 1. The molecule has 0 bridgehead atoms. The first-order valence-corrected chi connectivity index (χ1v) is 7.51. The molecule has 0 atom stereocenters. The van der Waals surface area contributed by atoms with Crippen LogP contribution in [0.15, 0.2) is 24.5 Å². The molecule has 3 aromatic heterocycles. The van der Waals surface area contributed by atoms with Gasteiger partial charge in [0.05, 0.1) is 17.2 Å². The summed E-state index contributed by atoms with van der Waals surface area (Å²) in [6.07, 6.45) is 6.09. The quantitative estimate of drug-likeness (QED) is 0.756. The van der Waals surface area contributed by atoms with Crippen molar-refractivity contribution in [1.82, 2.24) is 19.5 Å². The van der Waals surface area contributed by atoms with Crippen molar-refractivity contribution in [3.63, 3.8) is 0 Å². The summed E-state index contributed by atoms with van der Waals surface area (Å²) in [6.45, 7) is 2.74. The Morgan fingerprint density at radius 3 is 2.95 bits per heavy atom. The molecule has 0 aromatic carbocycles. The molecule has 0 aliphatic carbocycles. The number of aryl methyl sites for hydroxylation is 2. The van der Waals surface area contributed by atoms with Crippen LogP contribution in [0.2, 0.25) is 0 Å². The molecule has 3 heterocycles. The zero-order valence-corrected chi connectivity index (χ0v) is 12.5. The second-order valence-corrected chi connectivity index (χ2v) is 5.29. The molecule has 0 unspecified atom stereocenters. The topological polar surface area (TPSA) is 80.9 Å². The van der Waals surface area contributed by atoms with Crippen LogP contribution in [0.1, 0.15) is 32.0 Å². The Morgan fingerprint density at radius 2 is 2.18 bits per heavy atom. The molecular weight excluding hydrogens is 280 g/mol. The van der Waals surface area contributed by atoms with Crippen LogP contribution >= 0.6 is 0 Å². The Hall–Kier alpha value is -2.50. The molecule has 0 saturated heterocycles. The van der Waals surface area contributed by atoms with E-state index in [1.165, 1.54) is 0 Å². The van der Waals surface area contributed by atoms with Gasteiger partial charge in [0.2, 0.25) is 0 Å². The van der Waals surface area contributed by atoms with Crippen molar-refractivity contribution in [3.05, 3.63) is 30.4 Å². The summed E-state index contributed by atoms with van der Waals surface area (Å²) < 4.78 is 2.11. The number of fused-ring (bicyclic) bond motifs is 3. The molecule has 3 aromatic rings. The molecule has 0 radical (unpaired) electrons. The summed E-state index contributed by atoms with van der Waals surface area (Å²) in [4.78, 5) is 24.3. The standard InChI is InChI=1S/C16H18N4O2/c1-2-5-13-19-12-10-18-11-6-3-8-17-15(11)16(12)20(13)9-4-7-14(21)22/h3,6,8,10H,2,4-5,7,9H2,1H3,(H,21,22). The fourth-order valence-corrected chi connectivity index (χ4v) is 2.72. The molecule has 1 N–H and O–H groups in total. The van der Waals surface area contributed by atoms with Crippen molar-refractivity contribution in [1.29, 1.82) is 0 Å². The average molecular weight is 298 g/mol. The Balaban J connectivity index is 2.13. The van der Waals surface area contributed by atoms with E-state index in [4.69, 9.17) is 5.11 Å². The lowest BCUT2D eigenvalue weighted by atomic mass is 10.2. The van der Waals surface area contributed by atoms with Crippen molar-refractivity contribution in [2.45, 2.75) is 39.2 Å². The van der Waals surface area contributed by atoms with Gasteiger partial charge in [0.25, 0.3) is 0 Å². The highest BCUT2D eigenvalue weighted by molar-refractivity contribution is 5.99. The highest BCUT2D eigenvalue weighted by atomic mass is 16.4. The van der Waals surface area contributed by atoms with Crippen molar-refractivity contribution in [2.24, 2.45) is 0 Å². The predicted molar refractivity (Wildman–Crippen MR) is 83.7 cm³/mol. The van der Waals surface area contributed by atoms with Gasteiger partial charge in [-0.15, -0.1) is 0 Å². The lowest BCUT2D eigenvalue weighted by Crippen LogP contribution is -2.06. The molecule has 0 aliphatic rings. The van der Waals surface area contributed by atoms with E-state index in [-0.39, 0.29) is 6.42 Å². The maximum Gasteiger partial charge on any atom is 0.303 e. The first-order chi connectivity index (χ1) is 10.7. The Morgan fingerprint density at radius 1 is 1.32 bits per heavy atom. The minimum absolute atomic E-state index is 0.154. The fourth-order valence-electron chi connectivity index (χ4n) is 2.72. The van der Waals surface area contributed by atoms with Crippen molar-refractivity contribution < 1.29 is 9.90 Å². The number of pyridine rings is 2. The maximum absolute atomic E-state index is 10.8. The van der Waals surface area contributed by atoms with Crippen molar-refractivity contribution in [3.8, 4) is 0 Å². The number of hydrogen-bond donors (Lipinski definition) is 1. The molecule has 0 aliphatic heterocycles. The summed E-state index contributed by atoms with van der Waals surface area (Å²) in [5.41, 5.74) is 3.44. The molecule has 22 heavy (non-hydrogen) atoms. The van der Waals surface area contributed by atoms with Gasteiger partial charge in [0, 0.05) is 25.6 Å². The van der Waals surface area contributed by atoms with Crippen LogP contribution in [0.4, 0.5) is 0 Å². The molecule has 6 nitrogen and oxygen atoms in total. The third-order valence-electron chi connectivity index (χ3n) is 3.66. The summed E-state index contributed by atoms with van der Waals surface area (Å²) in [5.74, 6) is 0.203. The average Bonchev–Trinajstić information content (AvgIpc) is 2.86. The molecule has 0 spiro atoms. The second-order valence-electron chi connectivity index (χ2n) is 5.29. The van der Waals surface area contributed by atoms with Crippen LogP contribution in [-0.4, -0.2) is 30.6 Å². The summed E-state index contributed by atoms with van der Waals surface area (Å²) in [6, 6.07) is 3.79. The monoisotopic (exact) mass is 298 g/mol. The van der Waals surface area contributed by atoms with Crippen LogP contribution in [0.3, 0.4) is 0 Å². The summed E-state index contributed by atoms with van der Waals surface area (Å²) in [7, 11) is 0. The van der Waals surface area contributed by atoms with Gasteiger partial charge in [-0.3, -0.25) is 14.8 Å². The highest BCUT2D eigenvalue weighted by Gasteiger charge is 2.14. The van der Waals surface area contributed by atoms with E-state index in [9.17, 15) is 4.79 Å². The van der Waals surface area contributed by atoms with Gasteiger partial charge >= 0.3 is 5.97 Å². The Bertz CT molecular complexity index is 825. The fraction of sp³-hybridized carbons (Fsp3) is 0.375. The SMILES string of the molecule is CCCc1nc2cnc3cccnc3c2n1CCCC(=O)O. The van der Waals surface area contributed by atoms with Crippen LogP contribution in [0, 0.1) is 0 Å². The van der Waals surface area contributed by atoms with E-state index in [1.807, 2.05) is 12.1 Å². The third kappa shape index (κ3) is 2.64. The van der Waals surface area contributed by atoms with Crippen LogP contribution in [0.25, 0.3) is 22.1 Å². The van der Waals surface area contributed by atoms with Gasteiger partial charge in [-0.2, -0.15) is 0 Å². The van der Waals surface area contributed by atoms with Crippen molar-refractivity contribution in [2.75, 3.05) is 0 Å². The van der Waals surface area contributed by atoms with E-state index in [0.717, 1.165) is 40.7 Å². The van der Waals surface area contributed by atoms with Crippen LogP contribution in [0.5, 0.6) is 0 Å². The van der Waals surface area contributed by atoms with E-state index in [2.05, 4.69) is 26.4 Å². The zero-order valence-electron chi connectivity index (χ0n) is 12.5. The number of aliphatic carboxylic acids is 1. The minimum Gasteiger partial charge on any atom is -0.481 e. The molecule has 0 saturated carbocycles. The van der Waals surface area contributed by atoms with Gasteiger partial charge in [-0.25, -0.2) is 4.98 Å². The Labute approximate surface area is 127 Å². The second kappa shape index (κ2) is 6.09. The summed E-state index contributed by atoms with van der Waals surface area (Å²) in [5, 5.41) is 8.85. The molecular formula is C16H18N4O2. The normalized spacial score (nSPS) is 11.3. The number of hydrogen-bond acceptors (Lipinski definition) is 4. The molecule has 0 amide bonds. The van der Waals surface area contributed by atoms with E-state index >= 15 is 0 Å². The number of rotatable bonds is 6. The largest absolute Gasteiger partial charge is 0.481 e. The lowest BCUT2D eigenvalue weighted by molar-refractivity contribution is -0.137. The Kier molecular flexibility index (Phi) is 4.00. The smallest absolute Gasteiger partial charge is 0.303 e. The van der Waals surface area contributed by atoms with Gasteiger partial charge < -0.3 is 9.67 Å². The molecule has 114 valence electrons. The van der Waals surface area contributed by atoms with Gasteiger partial charge in [-0.05, 0) is 25.0 Å².